The summed E-state index contributed by atoms with van der Waals surface area (Å²) in [4.78, 5) is 20.7. The number of oxazole rings is 1. The third-order valence-electron chi connectivity index (χ3n) is 5.40. The molecule has 146 valence electrons. The number of ether oxygens (including phenoxy) is 1. The van der Waals surface area contributed by atoms with Crippen molar-refractivity contribution in [3.8, 4) is 5.75 Å². The van der Waals surface area contributed by atoms with Gasteiger partial charge < -0.3 is 19.0 Å². The van der Waals surface area contributed by atoms with E-state index in [1.54, 1.807) is 18.9 Å². The molecule has 0 unspecified atom stereocenters. The van der Waals surface area contributed by atoms with Crippen LogP contribution in [0.5, 0.6) is 5.75 Å². The van der Waals surface area contributed by atoms with Gasteiger partial charge in [0.1, 0.15) is 5.75 Å². The Labute approximate surface area is 161 Å². The second-order valence-corrected chi connectivity index (χ2v) is 7.34. The monoisotopic (exact) mass is 371 g/mol. The minimum absolute atomic E-state index is 0.0769. The molecule has 2 heterocycles. The van der Waals surface area contributed by atoms with Crippen molar-refractivity contribution in [2.75, 3.05) is 40.3 Å². The lowest BCUT2D eigenvalue weighted by atomic mass is 9.96. The van der Waals surface area contributed by atoms with Crippen molar-refractivity contribution in [1.29, 1.82) is 0 Å². The fourth-order valence-electron chi connectivity index (χ4n) is 3.62. The first-order valence-corrected chi connectivity index (χ1v) is 9.57. The number of hydrogen-bond donors (Lipinski definition) is 0. The maximum absolute atomic E-state index is 12.4. The van der Waals surface area contributed by atoms with Crippen molar-refractivity contribution < 1.29 is 13.9 Å². The van der Waals surface area contributed by atoms with Gasteiger partial charge in [0.15, 0.2) is 6.39 Å². The predicted molar refractivity (Wildman–Crippen MR) is 104 cm³/mol. The quantitative estimate of drug-likeness (QED) is 0.749. The van der Waals surface area contributed by atoms with Gasteiger partial charge in [0.05, 0.1) is 12.8 Å². The summed E-state index contributed by atoms with van der Waals surface area (Å²) >= 11 is 0. The third-order valence-corrected chi connectivity index (χ3v) is 5.40. The van der Waals surface area contributed by atoms with Crippen LogP contribution in [0.1, 0.15) is 34.7 Å². The zero-order valence-electron chi connectivity index (χ0n) is 16.5. The fourth-order valence-corrected chi connectivity index (χ4v) is 3.62. The molecule has 0 bridgehead atoms. The van der Waals surface area contributed by atoms with Crippen molar-refractivity contribution in [3.05, 3.63) is 47.7 Å². The summed E-state index contributed by atoms with van der Waals surface area (Å²) in [5, 5.41) is 0. The van der Waals surface area contributed by atoms with Gasteiger partial charge in [-0.05, 0) is 62.9 Å². The maximum atomic E-state index is 12.4. The van der Waals surface area contributed by atoms with Gasteiger partial charge in [-0.2, -0.15) is 0 Å². The summed E-state index contributed by atoms with van der Waals surface area (Å²) in [5.41, 5.74) is 1.99. The molecule has 0 aliphatic carbocycles. The standard InChI is InChI=1S/C21H29N3O3/c1-16-20(27-15-22-16)21(25)23(2)14-18-9-12-24(13-10-18)11-8-17-4-6-19(26-3)7-5-17/h4-7,15,18H,8-14H2,1-3H3. The minimum Gasteiger partial charge on any atom is -0.497 e. The third kappa shape index (κ3) is 5.10. The zero-order valence-corrected chi connectivity index (χ0v) is 16.5. The topological polar surface area (TPSA) is 58.8 Å². The molecule has 1 fully saturated rings. The first-order valence-electron chi connectivity index (χ1n) is 9.57. The van der Waals surface area contributed by atoms with Crippen LogP contribution < -0.4 is 4.74 Å². The van der Waals surface area contributed by atoms with Crippen molar-refractivity contribution in [2.24, 2.45) is 5.92 Å². The number of nitrogens with zero attached hydrogens (tertiary/aromatic N) is 3. The molecule has 1 aliphatic rings. The van der Waals surface area contributed by atoms with Crippen molar-refractivity contribution in [1.82, 2.24) is 14.8 Å². The number of likely N-dealkylation sites (tertiary alicyclic amines) is 1. The van der Waals surface area contributed by atoms with Gasteiger partial charge in [-0.3, -0.25) is 4.79 Å². The second kappa shape index (κ2) is 9.04. The Balaban J connectivity index is 1.40. The average Bonchev–Trinajstić information content (AvgIpc) is 3.13. The van der Waals surface area contributed by atoms with E-state index in [-0.39, 0.29) is 5.91 Å². The summed E-state index contributed by atoms with van der Waals surface area (Å²) in [6.45, 7) is 5.82. The number of piperidine rings is 1. The van der Waals surface area contributed by atoms with Crippen molar-refractivity contribution >= 4 is 5.91 Å². The molecule has 1 aromatic carbocycles. The highest BCUT2D eigenvalue weighted by Gasteiger charge is 2.24. The van der Waals surface area contributed by atoms with E-state index < -0.39 is 0 Å². The lowest BCUT2D eigenvalue weighted by Gasteiger charge is -2.33. The van der Waals surface area contributed by atoms with Crippen LogP contribution in [0.25, 0.3) is 0 Å². The molecule has 0 N–H and O–H groups in total. The van der Waals surface area contributed by atoms with E-state index >= 15 is 0 Å². The Morgan fingerprint density at radius 1 is 1.30 bits per heavy atom. The van der Waals surface area contributed by atoms with E-state index in [2.05, 4.69) is 22.0 Å². The van der Waals surface area contributed by atoms with E-state index in [0.717, 1.165) is 51.2 Å². The first-order chi connectivity index (χ1) is 13.1. The molecule has 0 spiro atoms. The second-order valence-electron chi connectivity index (χ2n) is 7.34. The van der Waals surface area contributed by atoms with Gasteiger partial charge in [-0.1, -0.05) is 12.1 Å². The predicted octanol–water partition coefficient (Wildman–Crippen LogP) is 3.02. The Morgan fingerprint density at radius 3 is 2.59 bits per heavy atom. The number of rotatable bonds is 7. The molecule has 1 aliphatic heterocycles. The number of aryl methyl sites for hydroxylation is 1. The number of hydrogen-bond acceptors (Lipinski definition) is 5. The van der Waals surface area contributed by atoms with Gasteiger partial charge >= 0.3 is 0 Å². The molecule has 2 aromatic rings. The lowest BCUT2D eigenvalue weighted by molar-refractivity contribution is 0.0708. The van der Waals surface area contributed by atoms with Crippen molar-refractivity contribution in [2.45, 2.75) is 26.2 Å². The lowest BCUT2D eigenvalue weighted by Crippen LogP contribution is -2.40. The number of carbonyl (C=O) groups is 1. The smallest absolute Gasteiger partial charge is 0.291 e. The van der Waals surface area contributed by atoms with E-state index in [0.29, 0.717) is 17.4 Å². The van der Waals surface area contributed by atoms with Gasteiger partial charge in [0.25, 0.3) is 5.91 Å². The molecule has 1 saturated heterocycles. The summed E-state index contributed by atoms with van der Waals surface area (Å²) in [6.07, 6.45) is 4.63. The number of benzene rings is 1. The van der Waals surface area contributed by atoms with Crippen LogP contribution in [0.2, 0.25) is 0 Å². The van der Waals surface area contributed by atoms with E-state index in [1.165, 1.54) is 12.0 Å². The molecular formula is C21H29N3O3. The molecule has 6 heteroatoms. The first kappa shape index (κ1) is 19.4. The highest BCUT2D eigenvalue weighted by molar-refractivity contribution is 5.92. The summed E-state index contributed by atoms with van der Waals surface area (Å²) in [7, 11) is 3.54. The SMILES string of the molecule is COc1ccc(CCN2CCC(CN(C)C(=O)c3ocnc3C)CC2)cc1. The Morgan fingerprint density at radius 2 is 2.00 bits per heavy atom. The summed E-state index contributed by atoms with van der Waals surface area (Å²) in [6, 6.07) is 8.31. The minimum atomic E-state index is -0.0769. The van der Waals surface area contributed by atoms with Crippen molar-refractivity contribution in [3.63, 3.8) is 0 Å². The molecule has 1 aromatic heterocycles. The molecular weight excluding hydrogens is 342 g/mol. The molecule has 0 radical (unpaired) electrons. The number of amides is 1. The normalized spacial score (nSPS) is 15.7. The van der Waals surface area contributed by atoms with Crippen LogP contribution >= 0.6 is 0 Å². The van der Waals surface area contributed by atoms with Crippen LogP contribution in [-0.4, -0.2) is 61.0 Å². The van der Waals surface area contributed by atoms with Crippen LogP contribution in [-0.2, 0) is 6.42 Å². The van der Waals surface area contributed by atoms with Gasteiger partial charge in [0, 0.05) is 20.1 Å². The highest BCUT2D eigenvalue weighted by atomic mass is 16.5. The highest BCUT2D eigenvalue weighted by Crippen LogP contribution is 2.20. The Hall–Kier alpha value is -2.34. The average molecular weight is 371 g/mol. The van der Waals surface area contributed by atoms with E-state index in [9.17, 15) is 4.79 Å². The van der Waals surface area contributed by atoms with Crippen LogP contribution in [0.3, 0.4) is 0 Å². The molecule has 6 nitrogen and oxygen atoms in total. The van der Waals surface area contributed by atoms with E-state index in [1.807, 2.05) is 19.2 Å². The summed E-state index contributed by atoms with van der Waals surface area (Å²) < 4.78 is 10.4. The van der Waals surface area contributed by atoms with Gasteiger partial charge in [-0.15, -0.1) is 0 Å². The molecule has 1 amide bonds. The molecule has 27 heavy (non-hydrogen) atoms. The zero-order chi connectivity index (χ0) is 19.2. The van der Waals surface area contributed by atoms with Crippen LogP contribution in [0, 0.1) is 12.8 Å². The van der Waals surface area contributed by atoms with Crippen LogP contribution in [0.15, 0.2) is 35.1 Å². The maximum Gasteiger partial charge on any atom is 0.291 e. The fraction of sp³-hybridized carbons (Fsp3) is 0.524. The molecule has 0 atom stereocenters. The molecule has 0 saturated carbocycles. The van der Waals surface area contributed by atoms with Crippen LogP contribution in [0.4, 0.5) is 0 Å². The van der Waals surface area contributed by atoms with E-state index in [4.69, 9.17) is 9.15 Å². The Kier molecular flexibility index (Phi) is 6.50. The van der Waals surface area contributed by atoms with Gasteiger partial charge in [0.2, 0.25) is 5.76 Å². The molecule has 3 rings (SSSR count). The number of methoxy groups -OCH3 is 1. The summed E-state index contributed by atoms with van der Waals surface area (Å²) in [5.74, 6) is 1.72. The Bertz CT molecular complexity index is 733. The number of carbonyl (C=O) groups excluding carboxylic acids is 1. The largest absolute Gasteiger partial charge is 0.497 e. The van der Waals surface area contributed by atoms with Gasteiger partial charge in [-0.25, -0.2) is 4.98 Å². The number of aromatic nitrogens is 1.